The van der Waals surface area contributed by atoms with Gasteiger partial charge in [-0.2, -0.15) is 5.10 Å². The summed E-state index contributed by atoms with van der Waals surface area (Å²) in [7, 11) is -1.73. The largest absolute Gasteiger partial charge is 0.316 e. The zero-order chi connectivity index (χ0) is 14.4. The second-order valence-electron chi connectivity index (χ2n) is 5.05. The number of hydrogen-bond donors (Lipinski definition) is 3. The van der Waals surface area contributed by atoms with Crippen molar-refractivity contribution in [2.24, 2.45) is 0 Å². The van der Waals surface area contributed by atoms with Crippen LogP contribution in [-0.2, 0) is 16.6 Å². The SMILES string of the molecule is CNCc1cn[nH]c1S(=O)(=O)NCCN1CCCCC1. The van der Waals surface area contributed by atoms with Gasteiger partial charge in [-0.3, -0.25) is 5.10 Å². The highest BCUT2D eigenvalue weighted by molar-refractivity contribution is 7.89. The van der Waals surface area contributed by atoms with Gasteiger partial charge < -0.3 is 10.2 Å². The monoisotopic (exact) mass is 301 g/mol. The number of hydrogen-bond acceptors (Lipinski definition) is 5. The van der Waals surface area contributed by atoms with Crippen LogP contribution >= 0.6 is 0 Å². The van der Waals surface area contributed by atoms with Gasteiger partial charge in [0.05, 0.1) is 6.20 Å². The molecule has 2 heterocycles. The number of sulfonamides is 1. The van der Waals surface area contributed by atoms with Gasteiger partial charge in [0.25, 0.3) is 10.0 Å². The number of aromatic amines is 1. The molecule has 1 saturated heterocycles. The van der Waals surface area contributed by atoms with E-state index in [1.807, 2.05) is 0 Å². The Morgan fingerprint density at radius 3 is 2.80 bits per heavy atom. The molecule has 1 aliphatic heterocycles. The second kappa shape index (κ2) is 7.16. The van der Waals surface area contributed by atoms with E-state index >= 15 is 0 Å². The predicted octanol–water partition coefficient (Wildman–Crippen LogP) is -0.107. The third kappa shape index (κ3) is 4.02. The van der Waals surface area contributed by atoms with E-state index in [1.54, 1.807) is 7.05 Å². The lowest BCUT2D eigenvalue weighted by Crippen LogP contribution is -2.38. The predicted molar refractivity (Wildman–Crippen MR) is 76.8 cm³/mol. The van der Waals surface area contributed by atoms with Crippen LogP contribution in [0.5, 0.6) is 0 Å². The second-order valence-corrected chi connectivity index (χ2v) is 6.76. The van der Waals surface area contributed by atoms with Gasteiger partial charge in [-0.1, -0.05) is 6.42 Å². The number of likely N-dealkylation sites (tertiary alicyclic amines) is 1. The molecular formula is C12H23N5O2S. The standard InChI is InChI=1S/C12H23N5O2S/c1-13-9-11-10-14-16-12(11)20(18,19)15-5-8-17-6-3-2-4-7-17/h10,13,15H,2-9H2,1H3,(H,14,16). The maximum Gasteiger partial charge on any atom is 0.257 e. The summed E-state index contributed by atoms with van der Waals surface area (Å²) in [5.74, 6) is 0. The first-order valence-electron chi connectivity index (χ1n) is 7.02. The van der Waals surface area contributed by atoms with Crippen molar-refractivity contribution >= 4 is 10.0 Å². The minimum Gasteiger partial charge on any atom is -0.316 e. The van der Waals surface area contributed by atoms with Crippen molar-refractivity contribution in [3.63, 3.8) is 0 Å². The zero-order valence-electron chi connectivity index (χ0n) is 11.9. The van der Waals surface area contributed by atoms with Gasteiger partial charge in [0.2, 0.25) is 0 Å². The Hall–Kier alpha value is -0.960. The van der Waals surface area contributed by atoms with Crippen LogP contribution in [0.25, 0.3) is 0 Å². The first-order valence-corrected chi connectivity index (χ1v) is 8.50. The van der Waals surface area contributed by atoms with E-state index in [-0.39, 0.29) is 5.03 Å². The fourth-order valence-electron chi connectivity index (χ4n) is 2.44. The van der Waals surface area contributed by atoms with E-state index in [1.165, 1.54) is 25.5 Å². The fraction of sp³-hybridized carbons (Fsp3) is 0.750. The van der Waals surface area contributed by atoms with Crippen LogP contribution in [0.3, 0.4) is 0 Å². The summed E-state index contributed by atoms with van der Waals surface area (Å²) >= 11 is 0. The lowest BCUT2D eigenvalue weighted by atomic mass is 10.1. The third-order valence-electron chi connectivity index (χ3n) is 3.48. The molecule has 0 spiro atoms. The molecule has 0 aromatic carbocycles. The molecule has 114 valence electrons. The molecule has 1 fully saturated rings. The van der Waals surface area contributed by atoms with E-state index in [2.05, 4.69) is 25.1 Å². The van der Waals surface area contributed by atoms with Crippen molar-refractivity contribution in [1.82, 2.24) is 25.1 Å². The lowest BCUT2D eigenvalue weighted by molar-refractivity contribution is 0.232. The van der Waals surface area contributed by atoms with Gasteiger partial charge in [-0.25, -0.2) is 13.1 Å². The van der Waals surface area contributed by atoms with Gasteiger partial charge in [0, 0.05) is 25.2 Å². The molecule has 20 heavy (non-hydrogen) atoms. The van der Waals surface area contributed by atoms with Crippen molar-refractivity contribution in [3.05, 3.63) is 11.8 Å². The molecule has 0 radical (unpaired) electrons. The maximum absolute atomic E-state index is 12.2. The number of nitrogens with one attached hydrogen (secondary N) is 3. The van der Waals surface area contributed by atoms with E-state index < -0.39 is 10.0 Å². The summed E-state index contributed by atoms with van der Waals surface area (Å²) in [6.07, 6.45) is 5.23. The average Bonchev–Trinajstić information content (AvgIpc) is 2.89. The molecular weight excluding hydrogens is 278 g/mol. The smallest absolute Gasteiger partial charge is 0.257 e. The molecule has 0 atom stereocenters. The zero-order valence-corrected chi connectivity index (χ0v) is 12.7. The third-order valence-corrected chi connectivity index (χ3v) is 4.96. The van der Waals surface area contributed by atoms with Crippen LogP contribution in [0.4, 0.5) is 0 Å². The Morgan fingerprint density at radius 1 is 1.35 bits per heavy atom. The molecule has 1 aliphatic rings. The van der Waals surface area contributed by atoms with Crippen molar-refractivity contribution in [2.45, 2.75) is 30.8 Å². The van der Waals surface area contributed by atoms with E-state index in [4.69, 9.17) is 0 Å². The Morgan fingerprint density at radius 2 is 2.10 bits per heavy atom. The summed E-state index contributed by atoms with van der Waals surface area (Å²) in [6.45, 7) is 3.79. The van der Waals surface area contributed by atoms with E-state index in [9.17, 15) is 8.42 Å². The number of aromatic nitrogens is 2. The van der Waals surface area contributed by atoms with Crippen molar-refractivity contribution in [2.75, 3.05) is 33.2 Å². The normalized spacial score (nSPS) is 17.4. The summed E-state index contributed by atoms with van der Waals surface area (Å²) in [5.41, 5.74) is 0.651. The number of rotatable bonds is 7. The fourth-order valence-corrected chi connectivity index (χ4v) is 3.59. The van der Waals surface area contributed by atoms with Gasteiger partial charge >= 0.3 is 0 Å². The first kappa shape index (κ1) is 15.4. The molecule has 0 bridgehead atoms. The summed E-state index contributed by atoms with van der Waals surface area (Å²) < 4.78 is 27.0. The number of piperidine rings is 1. The van der Waals surface area contributed by atoms with Crippen molar-refractivity contribution in [3.8, 4) is 0 Å². The van der Waals surface area contributed by atoms with Crippen LogP contribution in [-0.4, -0.2) is 56.7 Å². The lowest BCUT2D eigenvalue weighted by Gasteiger charge is -2.26. The molecule has 0 saturated carbocycles. The summed E-state index contributed by atoms with van der Waals surface area (Å²) in [6, 6.07) is 0. The van der Waals surface area contributed by atoms with Gasteiger partial charge in [-0.05, 0) is 33.0 Å². The molecule has 0 amide bonds. The summed E-state index contributed by atoms with van der Waals surface area (Å²) in [5, 5.41) is 9.46. The average molecular weight is 301 g/mol. The summed E-state index contributed by atoms with van der Waals surface area (Å²) in [4.78, 5) is 2.30. The number of nitrogens with zero attached hydrogens (tertiary/aromatic N) is 2. The first-order chi connectivity index (χ1) is 9.63. The Balaban J connectivity index is 1.88. The highest BCUT2D eigenvalue weighted by Crippen LogP contribution is 2.11. The van der Waals surface area contributed by atoms with Crippen molar-refractivity contribution < 1.29 is 8.42 Å². The molecule has 8 heteroatoms. The van der Waals surface area contributed by atoms with Crippen LogP contribution in [0.15, 0.2) is 11.2 Å². The Labute approximate surface area is 120 Å². The highest BCUT2D eigenvalue weighted by atomic mass is 32.2. The van der Waals surface area contributed by atoms with Crippen LogP contribution in [0.2, 0.25) is 0 Å². The molecule has 1 aromatic rings. The highest BCUT2D eigenvalue weighted by Gasteiger charge is 2.20. The van der Waals surface area contributed by atoms with Crippen molar-refractivity contribution in [1.29, 1.82) is 0 Å². The molecule has 7 nitrogen and oxygen atoms in total. The van der Waals surface area contributed by atoms with Crippen LogP contribution in [0.1, 0.15) is 24.8 Å². The Bertz CT molecular complexity index is 508. The number of H-pyrrole nitrogens is 1. The minimum atomic E-state index is -3.51. The maximum atomic E-state index is 12.2. The topological polar surface area (TPSA) is 90.1 Å². The molecule has 3 N–H and O–H groups in total. The minimum absolute atomic E-state index is 0.158. The quantitative estimate of drug-likeness (QED) is 0.654. The molecule has 0 unspecified atom stereocenters. The van der Waals surface area contributed by atoms with Gasteiger partial charge in [0.15, 0.2) is 5.03 Å². The van der Waals surface area contributed by atoms with Crippen LogP contribution in [0, 0.1) is 0 Å². The molecule has 0 aliphatic carbocycles. The Kier molecular flexibility index (Phi) is 5.53. The van der Waals surface area contributed by atoms with E-state index in [0.717, 1.165) is 19.6 Å². The van der Waals surface area contributed by atoms with Gasteiger partial charge in [-0.15, -0.1) is 0 Å². The molecule has 1 aromatic heterocycles. The molecule has 2 rings (SSSR count). The van der Waals surface area contributed by atoms with Gasteiger partial charge in [0.1, 0.15) is 0 Å². The van der Waals surface area contributed by atoms with E-state index in [0.29, 0.717) is 18.7 Å². The van der Waals surface area contributed by atoms with Crippen LogP contribution < -0.4 is 10.0 Å².